The molecule has 0 saturated carbocycles. The van der Waals surface area contributed by atoms with Gasteiger partial charge in [-0.3, -0.25) is 9.36 Å². The Morgan fingerprint density at radius 3 is 2.70 bits per heavy atom. The number of nitrogens with zero attached hydrogens (tertiary/aromatic N) is 3. The van der Waals surface area contributed by atoms with Gasteiger partial charge in [0.1, 0.15) is 5.75 Å². The van der Waals surface area contributed by atoms with Gasteiger partial charge in [0, 0.05) is 18.9 Å². The lowest BCUT2D eigenvalue weighted by atomic mass is 10.3. The molecule has 1 aromatic carbocycles. The van der Waals surface area contributed by atoms with Crippen LogP contribution in [0, 0.1) is 0 Å². The Hall–Kier alpha value is -2.63. The lowest BCUT2D eigenvalue weighted by Gasteiger charge is -2.07. The second-order valence-corrected chi connectivity index (χ2v) is 4.33. The van der Waals surface area contributed by atoms with Crippen LogP contribution in [-0.4, -0.2) is 21.0 Å². The Bertz CT molecular complexity index is 805. The van der Waals surface area contributed by atoms with Crippen LogP contribution >= 0.6 is 0 Å². The first-order chi connectivity index (χ1) is 9.70. The summed E-state index contributed by atoms with van der Waals surface area (Å²) < 4.78 is 20.1. The summed E-state index contributed by atoms with van der Waals surface area (Å²) in [7, 11) is 1.84. The minimum Gasteiger partial charge on any atom is -0.463 e. The van der Waals surface area contributed by atoms with E-state index < -0.39 is 6.86 Å². The molecule has 0 atom stereocenters. The third-order valence-corrected chi connectivity index (χ3v) is 3.12. The molecule has 0 aliphatic heterocycles. The van der Waals surface area contributed by atoms with E-state index in [4.69, 9.17) is 4.74 Å². The Labute approximate surface area is 113 Å². The fraction of sp³-hybridized carbons (Fsp3) is 0.143. The van der Waals surface area contributed by atoms with Crippen molar-refractivity contribution in [1.82, 2.24) is 14.1 Å². The smallest absolute Gasteiger partial charge is 0.283 e. The maximum absolute atomic E-state index is 12.3. The van der Waals surface area contributed by atoms with E-state index in [1.54, 1.807) is 41.4 Å². The fourth-order valence-electron chi connectivity index (χ4n) is 2.10. The summed E-state index contributed by atoms with van der Waals surface area (Å²) in [5, 5.41) is 0. The van der Waals surface area contributed by atoms with E-state index in [9.17, 15) is 9.18 Å². The molecule has 20 heavy (non-hydrogen) atoms. The third-order valence-electron chi connectivity index (χ3n) is 3.12. The van der Waals surface area contributed by atoms with E-state index in [-0.39, 0.29) is 5.56 Å². The number of aromatic nitrogens is 3. The van der Waals surface area contributed by atoms with E-state index in [0.717, 1.165) is 5.52 Å². The fourth-order valence-corrected chi connectivity index (χ4v) is 2.10. The molecular formula is C14H12FN3O2. The van der Waals surface area contributed by atoms with Crippen LogP contribution < -0.4 is 10.3 Å². The average Bonchev–Trinajstić information content (AvgIpc) is 2.83. The first kappa shape index (κ1) is 12.4. The number of halogens is 1. The monoisotopic (exact) mass is 273 g/mol. The Kier molecular flexibility index (Phi) is 2.98. The second kappa shape index (κ2) is 4.80. The van der Waals surface area contributed by atoms with Gasteiger partial charge < -0.3 is 9.30 Å². The van der Waals surface area contributed by atoms with Crippen LogP contribution in [0.25, 0.3) is 16.7 Å². The minimum absolute atomic E-state index is 0.192. The number of alkyl halides is 1. The molecular weight excluding hydrogens is 261 g/mol. The Morgan fingerprint density at radius 2 is 2.00 bits per heavy atom. The van der Waals surface area contributed by atoms with Crippen molar-refractivity contribution < 1.29 is 9.13 Å². The minimum atomic E-state index is -0.876. The summed E-state index contributed by atoms with van der Waals surface area (Å²) in [6.45, 7) is -0.876. The van der Waals surface area contributed by atoms with Gasteiger partial charge in [0.2, 0.25) is 6.86 Å². The summed E-state index contributed by atoms with van der Waals surface area (Å²) in [4.78, 5) is 16.5. The molecule has 0 bridgehead atoms. The number of rotatable bonds is 3. The quantitative estimate of drug-likeness (QED) is 0.733. The molecule has 3 rings (SSSR count). The summed E-state index contributed by atoms with van der Waals surface area (Å²) in [6, 6.07) is 8.45. The summed E-state index contributed by atoms with van der Waals surface area (Å²) in [6.07, 6.45) is 3.30. The van der Waals surface area contributed by atoms with Crippen LogP contribution in [0.5, 0.6) is 5.75 Å². The molecule has 2 heterocycles. The SMILES string of the molecule is Cn1cnc2c(=O)n(-c3ccc(OCF)cc3)ccc21. The molecule has 0 spiro atoms. The first-order valence-electron chi connectivity index (χ1n) is 6.02. The number of hydrogen-bond acceptors (Lipinski definition) is 3. The van der Waals surface area contributed by atoms with Crippen molar-refractivity contribution in [2.45, 2.75) is 0 Å². The van der Waals surface area contributed by atoms with E-state index in [1.165, 1.54) is 4.57 Å². The maximum Gasteiger partial charge on any atom is 0.283 e. The number of aryl methyl sites for hydroxylation is 1. The highest BCUT2D eigenvalue weighted by Crippen LogP contribution is 2.15. The van der Waals surface area contributed by atoms with Crippen molar-refractivity contribution in [1.29, 1.82) is 0 Å². The van der Waals surface area contributed by atoms with Gasteiger partial charge in [-0.15, -0.1) is 0 Å². The lowest BCUT2D eigenvalue weighted by molar-refractivity contribution is 0.192. The molecule has 5 nitrogen and oxygen atoms in total. The van der Waals surface area contributed by atoms with Crippen molar-refractivity contribution in [2.75, 3.05) is 6.86 Å². The van der Waals surface area contributed by atoms with E-state index in [0.29, 0.717) is 17.0 Å². The second-order valence-electron chi connectivity index (χ2n) is 4.33. The molecule has 102 valence electrons. The highest BCUT2D eigenvalue weighted by atomic mass is 19.1. The molecule has 6 heteroatoms. The van der Waals surface area contributed by atoms with Crippen LogP contribution in [0.4, 0.5) is 4.39 Å². The van der Waals surface area contributed by atoms with Crippen LogP contribution in [0.1, 0.15) is 0 Å². The molecule has 0 saturated heterocycles. The van der Waals surface area contributed by atoms with Crippen molar-refractivity contribution in [3.8, 4) is 11.4 Å². The molecule has 0 aliphatic carbocycles. The molecule has 0 unspecified atom stereocenters. The van der Waals surface area contributed by atoms with Gasteiger partial charge in [0.05, 0.1) is 11.8 Å². The predicted octanol–water partition coefficient (Wildman–Crippen LogP) is 2.03. The van der Waals surface area contributed by atoms with Gasteiger partial charge in [0.15, 0.2) is 5.52 Å². The number of benzene rings is 1. The van der Waals surface area contributed by atoms with Crippen molar-refractivity contribution in [2.24, 2.45) is 7.05 Å². The van der Waals surface area contributed by atoms with Gasteiger partial charge in [-0.25, -0.2) is 9.37 Å². The molecule has 0 radical (unpaired) electrons. The standard InChI is InChI=1S/C14H12FN3O2/c1-17-9-16-13-12(17)6-7-18(14(13)19)10-2-4-11(5-3-10)20-8-15/h2-7,9H,8H2,1H3. The Balaban J connectivity index is 2.10. The van der Waals surface area contributed by atoms with Crippen LogP contribution in [0.2, 0.25) is 0 Å². The number of pyridine rings is 1. The topological polar surface area (TPSA) is 49.0 Å². The van der Waals surface area contributed by atoms with Gasteiger partial charge in [-0.05, 0) is 30.3 Å². The highest BCUT2D eigenvalue weighted by Gasteiger charge is 2.08. The van der Waals surface area contributed by atoms with Gasteiger partial charge >= 0.3 is 0 Å². The molecule has 0 aliphatic rings. The zero-order chi connectivity index (χ0) is 14.1. The first-order valence-corrected chi connectivity index (χ1v) is 6.02. The maximum atomic E-state index is 12.3. The normalized spacial score (nSPS) is 10.9. The van der Waals surface area contributed by atoms with Crippen molar-refractivity contribution in [3.63, 3.8) is 0 Å². The van der Waals surface area contributed by atoms with Crippen LogP contribution in [0.3, 0.4) is 0 Å². The van der Waals surface area contributed by atoms with Crippen molar-refractivity contribution in [3.05, 3.63) is 53.2 Å². The summed E-state index contributed by atoms with van der Waals surface area (Å²) in [5.41, 5.74) is 1.68. The lowest BCUT2D eigenvalue weighted by Crippen LogP contribution is -2.17. The van der Waals surface area contributed by atoms with E-state index in [2.05, 4.69) is 4.98 Å². The molecule has 0 N–H and O–H groups in total. The molecule has 2 aromatic heterocycles. The summed E-state index contributed by atoms with van der Waals surface area (Å²) in [5.74, 6) is 0.420. The van der Waals surface area contributed by atoms with Gasteiger partial charge in [-0.2, -0.15) is 0 Å². The largest absolute Gasteiger partial charge is 0.463 e. The van der Waals surface area contributed by atoms with Crippen LogP contribution in [-0.2, 0) is 7.05 Å². The third kappa shape index (κ3) is 1.95. The highest BCUT2D eigenvalue weighted by molar-refractivity contribution is 5.74. The van der Waals surface area contributed by atoms with Crippen molar-refractivity contribution >= 4 is 11.0 Å². The number of fused-ring (bicyclic) bond motifs is 1. The van der Waals surface area contributed by atoms with E-state index in [1.807, 2.05) is 13.1 Å². The average molecular weight is 273 g/mol. The predicted molar refractivity (Wildman–Crippen MR) is 72.9 cm³/mol. The zero-order valence-corrected chi connectivity index (χ0v) is 10.8. The zero-order valence-electron chi connectivity index (χ0n) is 10.8. The summed E-state index contributed by atoms with van der Waals surface area (Å²) >= 11 is 0. The van der Waals surface area contributed by atoms with Gasteiger partial charge in [0.25, 0.3) is 5.56 Å². The molecule has 0 fully saturated rings. The number of hydrogen-bond donors (Lipinski definition) is 0. The molecule has 3 aromatic rings. The molecule has 0 amide bonds. The van der Waals surface area contributed by atoms with Crippen LogP contribution in [0.15, 0.2) is 47.7 Å². The number of ether oxygens (including phenoxy) is 1. The number of imidazole rings is 1. The Morgan fingerprint density at radius 1 is 1.25 bits per heavy atom. The van der Waals surface area contributed by atoms with E-state index >= 15 is 0 Å². The van der Waals surface area contributed by atoms with Gasteiger partial charge in [-0.1, -0.05) is 0 Å².